The molecule has 0 fully saturated rings. The molecule has 0 saturated heterocycles. The number of imidazole rings is 1. The van der Waals surface area contributed by atoms with Crippen LogP contribution in [0.4, 0.5) is 4.79 Å². The Labute approximate surface area is 166 Å². The Bertz CT molecular complexity index is 1100. The van der Waals surface area contributed by atoms with Gasteiger partial charge in [0.15, 0.2) is 11.5 Å². The molecule has 3 heterocycles. The van der Waals surface area contributed by atoms with Gasteiger partial charge in [0.25, 0.3) is 0 Å². The molecule has 8 nitrogen and oxygen atoms in total. The van der Waals surface area contributed by atoms with Gasteiger partial charge in [0, 0.05) is 30.7 Å². The Morgan fingerprint density at radius 2 is 1.96 bits per heavy atom. The minimum atomic E-state index is -0.424. The third-order valence-corrected chi connectivity index (χ3v) is 4.64. The maximum absolute atomic E-state index is 12.6. The van der Waals surface area contributed by atoms with Crippen LogP contribution in [0.3, 0.4) is 0 Å². The maximum Gasteiger partial charge on any atom is 0.316 e. The summed E-state index contributed by atoms with van der Waals surface area (Å²) in [5.41, 5.74) is 1.61. The number of nitrogens with one attached hydrogen (secondary N) is 2. The third-order valence-electron chi connectivity index (χ3n) is 4.39. The lowest BCUT2D eigenvalue weighted by Gasteiger charge is -2.19. The lowest BCUT2D eigenvalue weighted by Crippen LogP contribution is -2.39. The molecule has 0 radical (unpaired) electrons. The second-order valence-electron chi connectivity index (χ2n) is 6.25. The van der Waals surface area contributed by atoms with Crippen molar-refractivity contribution < 1.29 is 4.79 Å². The molecular weight excluding hydrogens is 378 g/mol. The highest BCUT2D eigenvalue weighted by Gasteiger charge is 2.21. The number of urea groups is 1. The Balaban J connectivity index is 1.51. The number of amides is 2. The normalized spacial score (nSPS) is 12.1. The number of halogens is 1. The number of benzene rings is 1. The van der Waals surface area contributed by atoms with Crippen molar-refractivity contribution in [3.8, 4) is 0 Å². The van der Waals surface area contributed by atoms with Crippen LogP contribution in [0.2, 0.25) is 5.02 Å². The smallest absolute Gasteiger partial charge is 0.316 e. The SMILES string of the molecule is Cn1ccnc1C(NC(=O)NCc1nnc2ccccn12)c1ccc(Cl)cc1. The number of pyridine rings is 1. The topological polar surface area (TPSA) is 89.1 Å². The van der Waals surface area contributed by atoms with Gasteiger partial charge in [-0.1, -0.05) is 29.8 Å². The minimum Gasteiger partial charge on any atom is -0.336 e. The van der Waals surface area contributed by atoms with Gasteiger partial charge in [0.05, 0.1) is 6.54 Å². The first-order valence-electron chi connectivity index (χ1n) is 8.67. The van der Waals surface area contributed by atoms with Crippen LogP contribution < -0.4 is 10.6 Å². The number of carbonyl (C=O) groups is 1. The standard InChI is InChI=1S/C19H18ClN7O/c1-26-11-9-21-18(26)17(13-5-7-14(20)8-6-13)23-19(28)22-12-16-25-24-15-4-2-3-10-27(15)16/h2-11,17H,12H2,1H3,(H2,22,23,28). The highest BCUT2D eigenvalue weighted by molar-refractivity contribution is 6.30. The van der Waals surface area contributed by atoms with Gasteiger partial charge in [0.1, 0.15) is 11.9 Å². The van der Waals surface area contributed by atoms with E-state index in [0.717, 1.165) is 11.2 Å². The fourth-order valence-electron chi connectivity index (χ4n) is 2.96. The quantitative estimate of drug-likeness (QED) is 0.543. The van der Waals surface area contributed by atoms with Crippen LogP contribution in [-0.2, 0) is 13.6 Å². The average molecular weight is 396 g/mol. The fourth-order valence-corrected chi connectivity index (χ4v) is 3.09. The molecule has 1 aromatic carbocycles. The van der Waals surface area contributed by atoms with E-state index in [1.165, 1.54) is 0 Å². The molecular formula is C19H18ClN7O. The molecule has 9 heteroatoms. The van der Waals surface area contributed by atoms with E-state index in [1.807, 2.05) is 58.7 Å². The highest BCUT2D eigenvalue weighted by atomic mass is 35.5. The Morgan fingerprint density at radius 1 is 1.14 bits per heavy atom. The van der Waals surface area contributed by atoms with Gasteiger partial charge < -0.3 is 15.2 Å². The van der Waals surface area contributed by atoms with E-state index in [4.69, 9.17) is 11.6 Å². The third kappa shape index (κ3) is 3.67. The van der Waals surface area contributed by atoms with Crippen molar-refractivity contribution in [1.82, 2.24) is 34.8 Å². The molecule has 1 unspecified atom stereocenters. The number of hydrogen-bond acceptors (Lipinski definition) is 4. The van der Waals surface area contributed by atoms with Crippen molar-refractivity contribution in [3.63, 3.8) is 0 Å². The monoisotopic (exact) mass is 395 g/mol. The predicted octanol–water partition coefficient (Wildman–Crippen LogP) is 2.71. The summed E-state index contributed by atoms with van der Waals surface area (Å²) in [7, 11) is 1.88. The van der Waals surface area contributed by atoms with E-state index in [9.17, 15) is 4.79 Å². The van der Waals surface area contributed by atoms with Crippen molar-refractivity contribution >= 4 is 23.3 Å². The molecule has 0 bridgehead atoms. The van der Waals surface area contributed by atoms with Gasteiger partial charge in [-0.25, -0.2) is 9.78 Å². The molecule has 0 aliphatic carbocycles. The van der Waals surface area contributed by atoms with Crippen molar-refractivity contribution in [2.75, 3.05) is 0 Å². The number of rotatable bonds is 5. The van der Waals surface area contributed by atoms with E-state index in [2.05, 4.69) is 25.8 Å². The first-order valence-corrected chi connectivity index (χ1v) is 9.05. The zero-order valence-corrected chi connectivity index (χ0v) is 15.8. The molecule has 2 N–H and O–H groups in total. The first kappa shape index (κ1) is 18.0. The maximum atomic E-state index is 12.6. The van der Waals surface area contributed by atoms with E-state index < -0.39 is 6.04 Å². The van der Waals surface area contributed by atoms with E-state index in [1.54, 1.807) is 18.3 Å². The van der Waals surface area contributed by atoms with Gasteiger partial charge in [0.2, 0.25) is 0 Å². The molecule has 1 atom stereocenters. The largest absolute Gasteiger partial charge is 0.336 e. The molecule has 2 amide bonds. The van der Waals surface area contributed by atoms with Crippen LogP contribution in [0.1, 0.15) is 23.3 Å². The van der Waals surface area contributed by atoms with Crippen molar-refractivity contribution in [1.29, 1.82) is 0 Å². The molecule has 0 spiro atoms. The van der Waals surface area contributed by atoms with Crippen LogP contribution in [0, 0.1) is 0 Å². The molecule has 3 aromatic heterocycles. The molecule has 0 aliphatic rings. The van der Waals surface area contributed by atoms with E-state index >= 15 is 0 Å². The van der Waals surface area contributed by atoms with E-state index in [-0.39, 0.29) is 12.6 Å². The Morgan fingerprint density at radius 3 is 2.71 bits per heavy atom. The second kappa shape index (κ2) is 7.69. The van der Waals surface area contributed by atoms with Crippen LogP contribution in [0.15, 0.2) is 61.1 Å². The summed E-state index contributed by atoms with van der Waals surface area (Å²) in [6.07, 6.45) is 5.38. The highest BCUT2D eigenvalue weighted by Crippen LogP contribution is 2.22. The number of hydrogen-bond donors (Lipinski definition) is 2. The number of carbonyl (C=O) groups excluding carboxylic acids is 1. The summed E-state index contributed by atoms with van der Waals surface area (Å²) in [5.74, 6) is 1.36. The van der Waals surface area contributed by atoms with Crippen molar-refractivity contribution in [2.45, 2.75) is 12.6 Å². The Hall–Kier alpha value is -3.39. The molecule has 4 aromatic rings. The first-order chi connectivity index (χ1) is 13.6. The van der Waals surface area contributed by atoms with Gasteiger partial charge in [-0.2, -0.15) is 0 Å². The minimum absolute atomic E-state index is 0.241. The second-order valence-corrected chi connectivity index (χ2v) is 6.69. The summed E-state index contributed by atoms with van der Waals surface area (Å²) in [6.45, 7) is 0.241. The van der Waals surface area contributed by atoms with Crippen molar-refractivity contribution in [2.24, 2.45) is 7.05 Å². The van der Waals surface area contributed by atoms with Crippen molar-refractivity contribution in [3.05, 3.63) is 83.3 Å². The molecule has 28 heavy (non-hydrogen) atoms. The number of nitrogens with zero attached hydrogens (tertiary/aromatic N) is 5. The van der Waals surface area contributed by atoms with E-state index in [0.29, 0.717) is 16.7 Å². The van der Waals surface area contributed by atoms with Gasteiger partial charge in [-0.15, -0.1) is 10.2 Å². The fraction of sp³-hybridized carbons (Fsp3) is 0.158. The average Bonchev–Trinajstić information content (AvgIpc) is 3.31. The number of aryl methyl sites for hydroxylation is 1. The summed E-state index contributed by atoms with van der Waals surface area (Å²) >= 11 is 6.00. The summed E-state index contributed by atoms with van der Waals surface area (Å²) in [4.78, 5) is 17.0. The zero-order chi connectivity index (χ0) is 19.5. The summed E-state index contributed by atoms with van der Waals surface area (Å²) < 4.78 is 3.70. The van der Waals surface area contributed by atoms with Gasteiger partial charge >= 0.3 is 6.03 Å². The Kier molecular flexibility index (Phi) is 4.94. The predicted molar refractivity (Wildman–Crippen MR) is 105 cm³/mol. The summed E-state index contributed by atoms with van der Waals surface area (Å²) in [6, 6.07) is 12.2. The molecule has 4 rings (SSSR count). The lowest BCUT2D eigenvalue weighted by molar-refractivity contribution is 0.237. The molecule has 142 valence electrons. The van der Waals surface area contributed by atoms with Crippen LogP contribution in [0.25, 0.3) is 5.65 Å². The lowest BCUT2D eigenvalue weighted by atomic mass is 10.1. The van der Waals surface area contributed by atoms with Gasteiger partial charge in [-0.3, -0.25) is 4.40 Å². The molecule has 0 saturated carbocycles. The molecule has 0 aliphatic heterocycles. The summed E-state index contributed by atoms with van der Waals surface area (Å²) in [5, 5.41) is 14.6. The zero-order valence-electron chi connectivity index (χ0n) is 15.1. The number of aromatic nitrogens is 5. The van der Waals surface area contributed by atoms with Crippen LogP contribution >= 0.6 is 11.6 Å². The van der Waals surface area contributed by atoms with Crippen LogP contribution in [0.5, 0.6) is 0 Å². The van der Waals surface area contributed by atoms with Crippen LogP contribution in [-0.4, -0.2) is 30.2 Å². The van der Waals surface area contributed by atoms with Gasteiger partial charge in [-0.05, 0) is 29.8 Å². The number of fused-ring (bicyclic) bond motifs is 1.